The van der Waals surface area contributed by atoms with Gasteiger partial charge in [-0.05, 0) is 47.4 Å². The summed E-state index contributed by atoms with van der Waals surface area (Å²) in [7, 11) is 0. The maximum Gasteiger partial charge on any atom is 0.255 e. The number of nitrogens with zero attached hydrogens (tertiary/aromatic N) is 2. The second-order valence-electron chi connectivity index (χ2n) is 8.87. The lowest BCUT2D eigenvalue weighted by molar-refractivity contribution is -0.140. The van der Waals surface area contributed by atoms with Gasteiger partial charge in [-0.1, -0.05) is 44.2 Å². The van der Waals surface area contributed by atoms with Gasteiger partial charge in [0.2, 0.25) is 11.8 Å². The average molecular weight is 457 g/mol. The van der Waals surface area contributed by atoms with Crippen LogP contribution in [0.2, 0.25) is 0 Å². The molecule has 2 N–H and O–H groups in total. The van der Waals surface area contributed by atoms with Crippen LogP contribution in [-0.4, -0.2) is 33.6 Å². The van der Waals surface area contributed by atoms with E-state index in [0.717, 1.165) is 11.1 Å². The van der Waals surface area contributed by atoms with Gasteiger partial charge in [0, 0.05) is 48.7 Å². The van der Waals surface area contributed by atoms with Crippen molar-refractivity contribution in [1.82, 2.24) is 9.88 Å². The first-order valence-electron chi connectivity index (χ1n) is 11.4. The third-order valence-corrected chi connectivity index (χ3v) is 5.78. The van der Waals surface area contributed by atoms with Crippen LogP contribution in [0.5, 0.6) is 0 Å². The van der Waals surface area contributed by atoms with E-state index in [1.54, 1.807) is 53.7 Å². The second kappa shape index (κ2) is 10.3. The molecule has 0 fully saturated rings. The lowest BCUT2D eigenvalue weighted by Crippen LogP contribution is -2.50. The van der Waals surface area contributed by atoms with Crippen molar-refractivity contribution in [2.75, 3.05) is 10.6 Å². The molecule has 3 amide bonds. The number of anilines is 2. The van der Waals surface area contributed by atoms with E-state index in [4.69, 9.17) is 0 Å². The zero-order chi connectivity index (χ0) is 24.1. The minimum Gasteiger partial charge on any atom is -0.326 e. The molecule has 1 aromatic heterocycles. The minimum absolute atomic E-state index is 0.0250. The summed E-state index contributed by atoms with van der Waals surface area (Å²) in [6, 6.07) is 17.6. The van der Waals surface area contributed by atoms with E-state index in [1.165, 1.54) is 0 Å². The van der Waals surface area contributed by atoms with Crippen molar-refractivity contribution in [3.63, 3.8) is 0 Å². The fourth-order valence-corrected chi connectivity index (χ4v) is 4.09. The topological polar surface area (TPSA) is 91.4 Å². The third kappa shape index (κ3) is 5.49. The number of pyridine rings is 1. The molecule has 1 unspecified atom stereocenters. The Morgan fingerprint density at radius 3 is 2.32 bits per heavy atom. The zero-order valence-electron chi connectivity index (χ0n) is 19.3. The number of carbonyl (C=O) groups is 3. The predicted molar refractivity (Wildman–Crippen MR) is 131 cm³/mol. The molecule has 0 spiro atoms. The molecule has 0 bridgehead atoms. The Bertz CT molecular complexity index is 1190. The van der Waals surface area contributed by atoms with Gasteiger partial charge in [-0.15, -0.1) is 0 Å². The van der Waals surface area contributed by atoms with Crippen molar-refractivity contribution in [2.24, 2.45) is 5.92 Å². The second-order valence-corrected chi connectivity index (χ2v) is 8.87. The normalized spacial score (nSPS) is 14.9. The first kappa shape index (κ1) is 23.2. The first-order chi connectivity index (χ1) is 16.4. The maximum absolute atomic E-state index is 13.3. The number of hydrogen-bond acceptors (Lipinski definition) is 4. The van der Waals surface area contributed by atoms with Crippen molar-refractivity contribution in [2.45, 2.75) is 39.3 Å². The van der Waals surface area contributed by atoms with Gasteiger partial charge in [-0.3, -0.25) is 19.4 Å². The lowest BCUT2D eigenvalue weighted by atomic mass is 9.92. The van der Waals surface area contributed by atoms with Crippen LogP contribution in [0, 0.1) is 5.92 Å². The highest BCUT2D eigenvalue weighted by Crippen LogP contribution is 2.26. The van der Waals surface area contributed by atoms with E-state index < -0.39 is 6.04 Å². The molecular formula is C27H28N4O3. The van der Waals surface area contributed by atoms with Crippen LogP contribution >= 0.6 is 0 Å². The molecule has 34 heavy (non-hydrogen) atoms. The van der Waals surface area contributed by atoms with Crippen molar-refractivity contribution < 1.29 is 14.4 Å². The van der Waals surface area contributed by atoms with E-state index in [-0.39, 0.29) is 23.6 Å². The van der Waals surface area contributed by atoms with E-state index in [0.29, 0.717) is 36.3 Å². The number of amides is 3. The van der Waals surface area contributed by atoms with E-state index >= 15 is 0 Å². The standard InChI is InChI=1S/C27H28N4O3/c1-18(2)14-25(32)31-17-21-7-4-3-6-20(21)15-24(31)27(34)30-23-9-5-8-22(16-23)29-26(33)19-10-12-28-13-11-19/h3-13,16,18,24H,14-15,17H2,1-2H3,(H,29,33)(H,30,34). The van der Waals surface area contributed by atoms with Gasteiger partial charge in [0.15, 0.2) is 0 Å². The lowest BCUT2D eigenvalue weighted by Gasteiger charge is -2.36. The maximum atomic E-state index is 13.3. The van der Waals surface area contributed by atoms with Crippen LogP contribution in [0.25, 0.3) is 0 Å². The molecule has 0 saturated heterocycles. The minimum atomic E-state index is -0.601. The molecule has 3 aromatic rings. The van der Waals surface area contributed by atoms with Gasteiger partial charge in [0.25, 0.3) is 5.91 Å². The smallest absolute Gasteiger partial charge is 0.255 e. The number of nitrogens with one attached hydrogen (secondary N) is 2. The summed E-state index contributed by atoms with van der Waals surface area (Å²) >= 11 is 0. The monoisotopic (exact) mass is 456 g/mol. The van der Waals surface area contributed by atoms with E-state index in [1.807, 2.05) is 38.1 Å². The zero-order valence-corrected chi connectivity index (χ0v) is 19.3. The van der Waals surface area contributed by atoms with Crippen LogP contribution in [0.3, 0.4) is 0 Å². The van der Waals surface area contributed by atoms with Crippen molar-refractivity contribution in [3.8, 4) is 0 Å². The molecule has 7 nitrogen and oxygen atoms in total. The van der Waals surface area contributed by atoms with Gasteiger partial charge < -0.3 is 15.5 Å². The predicted octanol–water partition coefficient (Wildman–Crippen LogP) is 4.27. The molecule has 7 heteroatoms. The highest BCUT2D eigenvalue weighted by Gasteiger charge is 2.34. The Labute approximate surface area is 199 Å². The summed E-state index contributed by atoms with van der Waals surface area (Å²) in [6.45, 7) is 4.41. The number of benzene rings is 2. The molecule has 174 valence electrons. The number of carbonyl (C=O) groups excluding carboxylic acids is 3. The largest absolute Gasteiger partial charge is 0.326 e. The summed E-state index contributed by atoms with van der Waals surface area (Å²) < 4.78 is 0. The molecule has 0 radical (unpaired) electrons. The van der Waals surface area contributed by atoms with Crippen molar-refractivity contribution in [3.05, 3.63) is 89.7 Å². The summed E-state index contributed by atoms with van der Waals surface area (Å²) in [5.74, 6) is -0.332. The quantitative estimate of drug-likeness (QED) is 0.579. The fraction of sp³-hybridized carbons (Fsp3) is 0.259. The molecule has 1 aliphatic rings. The molecule has 2 aromatic carbocycles. The van der Waals surface area contributed by atoms with Crippen LogP contribution < -0.4 is 10.6 Å². The highest BCUT2D eigenvalue weighted by atomic mass is 16.2. The Hall–Kier alpha value is -4.00. The van der Waals surface area contributed by atoms with Gasteiger partial charge in [0.1, 0.15) is 6.04 Å². The Kier molecular flexibility index (Phi) is 7.01. The van der Waals surface area contributed by atoms with Crippen molar-refractivity contribution >= 4 is 29.1 Å². The van der Waals surface area contributed by atoms with E-state index in [9.17, 15) is 14.4 Å². The first-order valence-corrected chi connectivity index (χ1v) is 11.4. The van der Waals surface area contributed by atoms with Gasteiger partial charge in [-0.2, -0.15) is 0 Å². The molecule has 4 rings (SSSR count). The molecular weight excluding hydrogens is 428 g/mol. The number of fused-ring (bicyclic) bond motifs is 1. The SMILES string of the molecule is CC(C)CC(=O)N1Cc2ccccc2CC1C(=O)Nc1cccc(NC(=O)c2ccncc2)c1. The fourth-order valence-electron chi connectivity index (χ4n) is 4.09. The Balaban J connectivity index is 1.50. The van der Waals surface area contributed by atoms with Gasteiger partial charge in [-0.25, -0.2) is 0 Å². The summed E-state index contributed by atoms with van der Waals surface area (Å²) in [5.41, 5.74) is 3.75. The van der Waals surface area contributed by atoms with Gasteiger partial charge >= 0.3 is 0 Å². The van der Waals surface area contributed by atoms with Crippen LogP contribution in [0.15, 0.2) is 73.1 Å². The Morgan fingerprint density at radius 2 is 1.62 bits per heavy atom. The average Bonchev–Trinajstić information content (AvgIpc) is 2.83. The number of aromatic nitrogens is 1. The van der Waals surface area contributed by atoms with E-state index in [2.05, 4.69) is 15.6 Å². The molecule has 2 heterocycles. The number of rotatable bonds is 6. The van der Waals surface area contributed by atoms with Gasteiger partial charge in [0.05, 0.1) is 0 Å². The molecule has 0 saturated carbocycles. The molecule has 1 aliphatic heterocycles. The van der Waals surface area contributed by atoms with Crippen LogP contribution in [0.4, 0.5) is 11.4 Å². The summed E-state index contributed by atoms with van der Waals surface area (Å²) in [6.07, 6.45) is 3.97. The highest BCUT2D eigenvalue weighted by molar-refractivity contribution is 6.04. The molecule has 0 aliphatic carbocycles. The van der Waals surface area contributed by atoms with Crippen molar-refractivity contribution in [1.29, 1.82) is 0 Å². The molecule has 1 atom stereocenters. The van der Waals surface area contributed by atoms with Crippen LogP contribution in [-0.2, 0) is 22.6 Å². The number of hydrogen-bond donors (Lipinski definition) is 2. The Morgan fingerprint density at radius 1 is 0.941 bits per heavy atom. The van der Waals surface area contributed by atoms with Crippen LogP contribution in [0.1, 0.15) is 41.8 Å². The summed E-state index contributed by atoms with van der Waals surface area (Å²) in [5, 5.41) is 5.77. The third-order valence-electron chi connectivity index (χ3n) is 5.78. The summed E-state index contributed by atoms with van der Waals surface area (Å²) in [4.78, 5) is 44.4.